The van der Waals surface area contributed by atoms with Crippen LogP contribution in [0.25, 0.3) is 0 Å². The molecule has 2 aromatic carbocycles. The zero-order valence-corrected chi connectivity index (χ0v) is 23.7. The smallest absolute Gasteiger partial charge is 0.367 e. The van der Waals surface area contributed by atoms with Crippen LogP contribution in [0.3, 0.4) is 0 Å². The Morgan fingerprint density at radius 3 is 1.89 bits per heavy atom. The molecule has 0 aliphatic rings. The van der Waals surface area contributed by atoms with Gasteiger partial charge in [0.1, 0.15) is 23.9 Å². The van der Waals surface area contributed by atoms with Crippen LogP contribution in [0.2, 0.25) is 0 Å². The van der Waals surface area contributed by atoms with Crippen LogP contribution in [0.15, 0.2) is 59.5 Å². The third-order valence-electron chi connectivity index (χ3n) is 5.16. The second-order valence-corrected chi connectivity index (χ2v) is 13.8. The van der Waals surface area contributed by atoms with Crippen LogP contribution >= 0.6 is 0 Å². The standard InChI is InChI=1S/C15H25S.C10H11F3O6S2/c1-3-5-12-16(13-6-4-2)14-15-10-8-7-9-11-15;1-7-2-4-8(5-3-7)20(14,15)19-6-9(11)10(12,13)21(16,17)18/h7-11H,3-6,12-14H2,1-2H3;2-5,9H,6H2,1H3,(H,16,17,18)/q+1;/p-1. The SMILES string of the molecule is CCCC[S+](CCCC)Cc1ccccc1.Cc1ccc(S(=O)(=O)OCC(F)C(F)(F)S(=O)(=O)[O-])cc1. The number of unbranched alkanes of at least 4 members (excludes halogenated alkanes) is 2. The Bertz CT molecular complexity index is 1120. The summed E-state index contributed by atoms with van der Waals surface area (Å²) < 4.78 is 96.3. The Balaban J connectivity index is 0.000000384. The van der Waals surface area contributed by atoms with E-state index in [9.17, 15) is 34.6 Å². The maximum absolute atomic E-state index is 13.1. The van der Waals surface area contributed by atoms with E-state index in [1.54, 1.807) is 6.92 Å². The molecule has 0 radical (unpaired) electrons. The highest BCUT2D eigenvalue weighted by Gasteiger charge is 2.48. The summed E-state index contributed by atoms with van der Waals surface area (Å²) in [6.45, 7) is 4.45. The van der Waals surface area contributed by atoms with Crippen LogP contribution in [-0.2, 0) is 41.1 Å². The van der Waals surface area contributed by atoms with Gasteiger partial charge < -0.3 is 4.55 Å². The van der Waals surface area contributed by atoms with Crippen LogP contribution in [0, 0.1) is 6.92 Å². The van der Waals surface area contributed by atoms with E-state index in [1.807, 2.05) is 0 Å². The van der Waals surface area contributed by atoms with Crippen LogP contribution in [0.1, 0.15) is 50.7 Å². The zero-order valence-electron chi connectivity index (χ0n) is 21.2. The number of hydrogen-bond acceptors (Lipinski definition) is 6. The molecule has 37 heavy (non-hydrogen) atoms. The minimum Gasteiger partial charge on any atom is -0.743 e. The molecule has 0 spiro atoms. The quantitative estimate of drug-likeness (QED) is 0.163. The second-order valence-electron chi connectivity index (χ2n) is 8.39. The number of rotatable bonds is 14. The fourth-order valence-electron chi connectivity index (χ4n) is 2.93. The fraction of sp³-hybridized carbons (Fsp3) is 0.520. The molecular formula is C25H35F3O6S3. The Hall–Kier alpha value is -1.60. The summed E-state index contributed by atoms with van der Waals surface area (Å²) in [4.78, 5) is -0.423. The molecule has 1 atom stereocenters. The van der Waals surface area contributed by atoms with Crippen LogP contribution < -0.4 is 0 Å². The van der Waals surface area contributed by atoms with Gasteiger partial charge >= 0.3 is 5.25 Å². The van der Waals surface area contributed by atoms with Crippen molar-refractivity contribution in [3.63, 3.8) is 0 Å². The van der Waals surface area contributed by atoms with Gasteiger partial charge in [0.2, 0.25) is 6.17 Å². The summed E-state index contributed by atoms with van der Waals surface area (Å²) >= 11 is 0. The molecule has 0 aliphatic carbocycles. The molecule has 0 fully saturated rings. The second kappa shape index (κ2) is 15.7. The van der Waals surface area contributed by atoms with Crippen LogP contribution in [0.5, 0.6) is 0 Å². The lowest BCUT2D eigenvalue weighted by atomic mass is 10.2. The van der Waals surface area contributed by atoms with Gasteiger partial charge in [-0.15, -0.1) is 0 Å². The van der Waals surface area contributed by atoms with Gasteiger partial charge in [0, 0.05) is 5.56 Å². The summed E-state index contributed by atoms with van der Waals surface area (Å²) in [6, 6.07) is 16.0. The zero-order chi connectivity index (χ0) is 28.1. The molecule has 2 rings (SSSR count). The molecule has 0 amide bonds. The molecular weight excluding hydrogens is 549 g/mol. The number of alkyl halides is 3. The van der Waals surface area contributed by atoms with Gasteiger partial charge in [0.15, 0.2) is 10.1 Å². The van der Waals surface area contributed by atoms with Crippen molar-refractivity contribution >= 4 is 31.1 Å². The average molecular weight is 585 g/mol. The number of halogens is 3. The highest BCUT2D eigenvalue weighted by atomic mass is 32.2. The van der Waals surface area contributed by atoms with Gasteiger partial charge in [-0.05, 0) is 42.8 Å². The third-order valence-corrected chi connectivity index (χ3v) is 9.86. The van der Waals surface area contributed by atoms with E-state index < -0.39 is 43.2 Å². The van der Waals surface area contributed by atoms with E-state index in [0.717, 1.165) is 12.1 Å². The van der Waals surface area contributed by atoms with Gasteiger partial charge in [-0.1, -0.05) is 74.7 Å². The first-order chi connectivity index (χ1) is 17.2. The summed E-state index contributed by atoms with van der Waals surface area (Å²) in [5.74, 6) is 4.18. The lowest BCUT2D eigenvalue weighted by molar-refractivity contribution is -0.0217. The molecule has 0 saturated carbocycles. The van der Waals surface area contributed by atoms with E-state index in [2.05, 4.69) is 48.4 Å². The minimum atomic E-state index is -6.27. The molecule has 0 N–H and O–H groups in total. The Labute approximate surface area is 221 Å². The van der Waals surface area contributed by atoms with Crippen molar-refractivity contribution in [3.8, 4) is 0 Å². The summed E-state index contributed by atoms with van der Waals surface area (Å²) in [5, 5.41) is -5.28. The van der Waals surface area contributed by atoms with E-state index >= 15 is 0 Å². The molecule has 210 valence electrons. The van der Waals surface area contributed by atoms with Crippen LogP contribution in [-0.4, -0.2) is 50.9 Å². The first kappa shape index (κ1) is 33.4. The monoisotopic (exact) mass is 584 g/mol. The van der Waals surface area contributed by atoms with Crippen LogP contribution in [0.4, 0.5) is 13.2 Å². The normalized spacial score (nSPS) is 13.2. The molecule has 0 heterocycles. The van der Waals surface area contributed by atoms with Crippen molar-refractivity contribution in [1.82, 2.24) is 0 Å². The predicted molar refractivity (Wildman–Crippen MR) is 141 cm³/mol. The maximum atomic E-state index is 13.1. The fourth-order valence-corrected chi connectivity index (χ4v) is 6.77. The van der Waals surface area contributed by atoms with Gasteiger partial charge in [-0.2, -0.15) is 17.2 Å². The highest BCUT2D eigenvalue weighted by Crippen LogP contribution is 2.28. The molecule has 12 heteroatoms. The van der Waals surface area contributed by atoms with Crippen molar-refractivity contribution in [1.29, 1.82) is 0 Å². The van der Waals surface area contributed by atoms with E-state index in [0.29, 0.717) is 16.5 Å². The van der Waals surface area contributed by atoms with Crippen molar-refractivity contribution < 1.29 is 38.7 Å². The Morgan fingerprint density at radius 2 is 1.43 bits per heavy atom. The topological polar surface area (TPSA) is 101 Å². The van der Waals surface area contributed by atoms with E-state index in [-0.39, 0.29) is 0 Å². The third kappa shape index (κ3) is 11.8. The van der Waals surface area contributed by atoms with Crippen molar-refractivity contribution in [3.05, 3.63) is 65.7 Å². The van der Waals surface area contributed by atoms with E-state index in [1.165, 1.54) is 60.6 Å². The predicted octanol–water partition coefficient (Wildman–Crippen LogP) is 5.58. The Kier molecular flexibility index (Phi) is 14.2. The van der Waals surface area contributed by atoms with Gasteiger partial charge in [-0.25, -0.2) is 12.8 Å². The molecule has 0 aliphatic heterocycles. The molecule has 2 aromatic rings. The van der Waals surface area contributed by atoms with E-state index in [4.69, 9.17) is 0 Å². The lowest BCUT2D eigenvalue weighted by Gasteiger charge is -2.22. The lowest BCUT2D eigenvalue weighted by Crippen LogP contribution is -2.41. The molecule has 0 saturated heterocycles. The average Bonchev–Trinajstić information content (AvgIpc) is 2.84. The number of hydrogen-bond donors (Lipinski definition) is 0. The van der Waals surface area contributed by atoms with Gasteiger partial charge in [0.25, 0.3) is 10.1 Å². The summed E-state index contributed by atoms with van der Waals surface area (Å²) in [7, 11) is -10.2. The van der Waals surface area contributed by atoms with Crippen molar-refractivity contribution in [2.24, 2.45) is 0 Å². The molecule has 6 nitrogen and oxygen atoms in total. The highest BCUT2D eigenvalue weighted by molar-refractivity contribution is 7.96. The summed E-state index contributed by atoms with van der Waals surface area (Å²) in [5.41, 5.74) is 2.24. The Morgan fingerprint density at radius 1 is 0.919 bits per heavy atom. The van der Waals surface area contributed by atoms with Gasteiger partial charge in [0.05, 0.1) is 4.90 Å². The van der Waals surface area contributed by atoms with Crippen molar-refractivity contribution in [2.75, 3.05) is 18.1 Å². The molecule has 1 unspecified atom stereocenters. The first-order valence-corrected chi connectivity index (χ1v) is 16.4. The number of benzene rings is 2. The largest absolute Gasteiger partial charge is 0.743 e. The molecule has 0 aromatic heterocycles. The van der Waals surface area contributed by atoms with Gasteiger partial charge in [-0.3, -0.25) is 4.18 Å². The minimum absolute atomic E-state index is 0.423. The number of aryl methyl sites for hydroxylation is 1. The molecule has 0 bridgehead atoms. The maximum Gasteiger partial charge on any atom is 0.367 e. The summed E-state index contributed by atoms with van der Waals surface area (Å²) in [6.07, 6.45) is 1.87. The van der Waals surface area contributed by atoms with Crippen molar-refractivity contribution in [2.45, 2.75) is 68.5 Å². The first-order valence-electron chi connectivity index (χ1n) is 11.9.